The maximum Gasteiger partial charge on any atom is 0.248 e. The van der Waals surface area contributed by atoms with Crippen molar-refractivity contribution >= 4 is 33.2 Å². The van der Waals surface area contributed by atoms with E-state index in [9.17, 15) is 4.79 Å². The summed E-state index contributed by atoms with van der Waals surface area (Å²) in [5, 5.41) is 12.0. The molecule has 1 atom stereocenters. The summed E-state index contributed by atoms with van der Waals surface area (Å²) in [6.07, 6.45) is -1.20. The van der Waals surface area contributed by atoms with Crippen molar-refractivity contribution in [3.8, 4) is 0 Å². The van der Waals surface area contributed by atoms with Gasteiger partial charge < -0.3 is 21.9 Å². The first-order chi connectivity index (χ1) is 7.00. The Balaban J connectivity index is 2.62. The number of primary amides is 1. The van der Waals surface area contributed by atoms with E-state index in [1.807, 2.05) is 0 Å². The fourth-order valence-corrected chi connectivity index (χ4v) is 1.52. The van der Waals surface area contributed by atoms with Crippen LogP contribution in [-0.4, -0.2) is 23.7 Å². The molecule has 1 amide bonds. The molecular formula is C9H12BrN3O2. The van der Waals surface area contributed by atoms with E-state index < -0.39 is 12.0 Å². The van der Waals surface area contributed by atoms with E-state index in [1.54, 1.807) is 18.2 Å². The Morgan fingerprint density at radius 1 is 1.60 bits per heavy atom. The number of benzene rings is 1. The SMILES string of the molecule is NC(=O)C(O)CNc1ccc(N)cc1Br. The molecule has 5 nitrogen and oxygen atoms in total. The maximum atomic E-state index is 10.6. The number of carbonyl (C=O) groups excluding carboxylic acids is 1. The highest BCUT2D eigenvalue weighted by Crippen LogP contribution is 2.24. The molecule has 0 fully saturated rings. The molecule has 0 radical (unpaired) electrons. The molecule has 0 aliphatic rings. The van der Waals surface area contributed by atoms with Crippen LogP contribution in [0.5, 0.6) is 0 Å². The summed E-state index contributed by atoms with van der Waals surface area (Å²) in [6, 6.07) is 5.18. The average Bonchev–Trinajstić information content (AvgIpc) is 2.15. The third kappa shape index (κ3) is 3.41. The maximum absolute atomic E-state index is 10.6. The van der Waals surface area contributed by atoms with Crippen LogP contribution in [0.3, 0.4) is 0 Å². The van der Waals surface area contributed by atoms with Gasteiger partial charge in [-0.1, -0.05) is 0 Å². The molecule has 0 spiro atoms. The zero-order valence-corrected chi connectivity index (χ0v) is 9.49. The second-order valence-corrected chi connectivity index (χ2v) is 3.89. The Kier molecular flexibility index (Phi) is 3.93. The van der Waals surface area contributed by atoms with E-state index in [0.717, 1.165) is 10.2 Å². The van der Waals surface area contributed by atoms with Crippen LogP contribution < -0.4 is 16.8 Å². The molecule has 0 heterocycles. The highest BCUT2D eigenvalue weighted by atomic mass is 79.9. The van der Waals surface area contributed by atoms with Crippen molar-refractivity contribution in [3.63, 3.8) is 0 Å². The standard InChI is InChI=1S/C9H12BrN3O2/c10-6-3-5(11)1-2-7(6)13-4-8(14)9(12)15/h1-3,8,13-14H,4,11H2,(H2,12,15). The average molecular weight is 274 g/mol. The van der Waals surface area contributed by atoms with Crippen LogP contribution in [0, 0.1) is 0 Å². The van der Waals surface area contributed by atoms with Gasteiger partial charge >= 0.3 is 0 Å². The van der Waals surface area contributed by atoms with Crippen molar-refractivity contribution in [3.05, 3.63) is 22.7 Å². The second-order valence-electron chi connectivity index (χ2n) is 3.04. The molecule has 6 N–H and O–H groups in total. The normalized spacial score (nSPS) is 12.1. The fraction of sp³-hybridized carbons (Fsp3) is 0.222. The van der Waals surface area contributed by atoms with Crippen molar-refractivity contribution in [2.75, 3.05) is 17.6 Å². The molecule has 15 heavy (non-hydrogen) atoms. The zero-order valence-electron chi connectivity index (χ0n) is 7.90. The van der Waals surface area contributed by atoms with Gasteiger partial charge in [-0.2, -0.15) is 0 Å². The predicted octanol–water partition coefficient (Wildman–Crippen LogP) is 0.289. The molecule has 0 aliphatic heterocycles. The summed E-state index contributed by atoms with van der Waals surface area (Å²) in [5.41, 5.74) is 11.8. The second kappa shape index (κ2) is 4.99. The Morgan fingerprint density at radius 3 is 2.80 bits per heavy atom. The highest BCUT2D eigenvalue weighted by Gasteiger charge is 2.10. The van der Waals surface area contributed by atoms with Crippen molar-refractivity contribution in [1.82, 2.24) is 0 Å². The fourth-order valence-electron chi connectivity index (χ4n) is 0.982. The van der Waals surface area contributed by atoms with Gasteiger partial charge in [-0.15, -0.1) is 0 Å². The predicted molar refractivity (Wildman–Crippen MR) is 62.2 cm³/mol. The molecule has 1 unspecified atom stereocenters. The smallest absolute Gasteiger partial charge is 0.248 e. The summed E-state index contributed by atoms with van der Waals surface area (Å²) in [5.74, 6) is -0.755. The van der Waals surface area contributed by atoms with Crippen molar-refractivity contribution in [1.29, 1.82) is 0 Å². The van der Waals surface area contributed by atoms with Crippen LogP contribution in [0.25, 0.3) is 0 Å². The molecule has 6 heteroatoms. The van der Waals surface area contributed by atoms with Gasteiger partial charge in [0, 0.05) is 22.4 Å². The number of rotatable bonds is 4. The summed E-state index contributed by atoms with van der Waals surface area (Å²) in [6.45, 7) is 0.0673. The Morgan fingerprint density at radius 2 is 2.27 bits per heavy atom. The lowest BCUT2D eigenvalue weighted by Gasteiger charge is -2.11. The number of hydrogen-bond acceptors (Lipinski definition) is 4. The minimum absolute atomic E-state index is 0.0673. The number of hydrogen-bond donors (Lipinski definition) is 4. The van der Waals surface area contributed by atoms with Crippen LogP contribution in [0.4, 0.5) is 11.4 Å². The van der Waals surface area contributed by atoms with Gasteiger partial charge in [0.15, 0.2) is 0 Å². The first kappa shape index (κ1) is 11.8. The number of halogens is 1. The van der Waals surface area contributed by atoms with Gasteiger partial charge in [0.05, 0.1) is 0 Å². The van der Waals surface area contributed by atoms with Crippen LogP contribution in [0.15, 0.2) is 22.7 Å². The number of aliphatic hydroxyl groups excluding tert-OH is 1. The number of nitrogen functional groups attached to an aromatic ring is 1. The highest BCUT2D eigenvalue weighted by molar-refractivity contribution is 9.10. The van der Waals surface area contributed by atoms with E-state index in [2.05, 4.69) is 21.2 Å². The quantitative estimate of drug-likeness (QED) is 0.593. The third-order valence-corrected chi connectivity index (χ3v) is 2.46. The number of amides is 1. The van der Waals surface area contributed by atoms with Gasteiger partial charge in [0.2, 0.25) is 5.91 Å². The van der Waals surface area contributed by atoms with Gasteiger partial charge in [0.25, 0.3) is 0 Å². The first-order valence-corrected chi connectivity index (χ1v) is 5.06. The summed E-state index contributed by atoms with van der Waals surface area (Å²) in [7, 11) is 0. The number of anilines is 2. The molecule has 0 aromatic heterocycles. The van der Waals surface area contributed by atoms with Gasteiger partial charge in [-0.25, -0.2) is 0 Å². The number of aliphatic hydroxyl groups is 1. The molecule has 1 aromatic rings. The zero-order chi connectivity index (χ0) is 11.4. The van der Waals surface area contributed by atoms with Gasteiger partial charge in [-0.05, 0) is 34.1 Å². The lowest BCUT2D eigenvalue weighted by Crippen LogP contribution is -2.34. The lowest BCUT2D eigenvalue weighted by atomic mass is 10.2. The molecule has 82 valence electrons. The molecule has 0 saturated heterocycles. The van der Waals surface area contributed by atoms with Crippen LogP contribution in [-0.2, 0) is 4.79 Å². The topological polar surface area (TPSA) is 101 Å². The number of nitrogens with one attached hydrogen (secondary N) is 1. The van der Waals surface area contributed by atoms with Crippen LogP contribution in [0.1, 0.15) is 0 Å². The molecule has 0 bridgehead atoms. The molecule has 1 rings (SSSR count). The summed E-state index contributed by atoms with van der Waals surface area (Å²) >= 11 is 3.29. The number of carbonyl (C=O) groups is 1. The summed E-state index contributed by atoms with van der Waals surface area (Å²) in [4.78, 5) is 10.6. The minimum atomic E-state index is -1.20. The molecule has 0 aliphatic carbocycles. The van der Waals surface area contributed by atoms with E-state index in [0.29, 0.717) is 5.69 Å². The van der Waals surface area contributed by atoms with Crippen molar-refractivity contribution in [2.45, 2.75) is 6.10 Å². The Bertz CT molecular complexity index is 370. The Labute approximate surface area is 95.6 Å². The van der Waals surface area contributed by atoms with Crippen molar-refractivity contribution in [2.24, 2.45) is 5.73 Å². The van der Waals surface area contributed by atoms with E-state index in [1.165, 1.54) is 0 Å². The minimum Gasteiger partial charge on any atom is -0.399 e. The third-order valence-electron chi connectivity index (χ3n) is 1.81. The van der Waals surface area contributed by atoms with E-state index in [-0.39, 0.29) is 6.54 Å². The van der Waals surface area contributed by atoms with Crippen LogP contribution in [0.2, 0.25) is 0 Å². The summed E-state index contributed by atoms with van der Waals surface area (Å²) < 4.78 is 0.763. The molecular weight excluding hydrogens is 262 g/mol. The molecule has 0 saturated carbocycles. The van der Waals surface area contributed by atoms with Gasteiger partial charge in [0.1, 0.15) is 6.10 Å². The van der Waals surface area contributed by atoms with E-state index >= 15 is 0 Å². The Hall–Kier alpha value is -1.27. The largest absolute Gasteiger partial charge is 0.399 e. The lowest BCUT2D eigenvalue weighted by molar-refractivity contribution is -0.125. The first-order valence-electron chi connectivity index (χ1n) is 4.27. The van der Waals surface area contributed by atoms with Crippen LogP contribution >= 0.6 is 15.9 Å². The molecule has 1 aromatic carbocycles. The van der Waals surface area contributed by atoms with E-state index in [4.69, 9.17) is 16.6 Å². The number of nitrogens with two attached hydrogens (primary N) is 2. The van der Waals surface area contributed by atoms with Crippen molar-refractivity contribution < 1.29 is 9.90 Å². The van der Waals surface area contributed by atoms with Gasteiger partial charge in [-0.3, -0.25) is 4.79 Å². The monoisotopic (exact) mass is 273 g/mol.